The number of benzene rings is 1. The number of hydrogen-bond acceptors (Lipinski definition) is 4. The largest absolute Gasteiger partial charge is 0.341 e. The number of rotatable bonds is 3. The molecule has 1 aromatic carbocycles. The summed E-state index contributed by atoms with van der Waals surface area (Å²) in [5.74, 6) is -0.470. The van der Waals surface area contributed by atoms with Crippen molar-refractivity contribution in [1.82, 2.24) is 9.80 Å². The average Bonchev–Trinajstić information content (AvgIpc) is 2.79. The lowest BCUT2D eigenvalue weighted by Crippen LogP contribution is -2.46. The minimum absolute atomic E-state index is 0.174. The van der Waals surface area contributed by atoms with Crippen molar-refractivity contribution in [1.29, 1.82) is 0 Å². The van der Waals surface area contributed by atoms with Gasteiger partial charge in [0.2, 0.25) is 5.91 Å². The number of imide groups is 1. The standard InChI is InChI=1S/C17H21N3O3/c1-11-2-3-13-14(8-11)17(23)20(16(13)22)10-15(21)19-6-4-12(9-18)5-7-19/h2-3,8,12H,4-7,9-10,18H2,1H3. The maximum absolute atomic E-state index is 12.4. The van der Waals surface area contributed by atoms with E-state index in [1.165, 1.54) is 0 Å². The lowest BCUT2D eigenvalue weighted by Gasteiger charge is -2.32. The van der Waals surface area contributed by atoms with Gasteiger partial charge in [0.15, 0.2) is 0 Å². The Hall–Kier alpha value is -2.21. The summed E-state index contributed by atoms with van der Waals surface area (Å²) < 4.78 is 0. The van der Waals surface area contributed by atoms with Crippen LogP contribution < -0.4 is 5.73 Å². The monoisotopic (exact) mass is 315 g/mol. The van der Waals surface area contributed by atoms with E-state index in [2.05, 4.69) is 0 Å². The summed E-state index contributed by atoms with van der Waals surface area (Å²) in [5.41, 5.74) is 7.35. The first-order chi connectivity index (χ1) is 11.0. The number of piperidine rings is 1. The van der Waals surface area contributed by atoms with Crippen LogP contribution in [0.5, 0.6) is 0 Å². The highest BCUT2D eigenvalue weighted by Crippen LogP contribution is 2.24. The molecule has 0 bridgehead atoms. The SMILES string of the molecule is Cc1ccc2c(c1)C(=O)N(CC(=O)N1CCC(CN)CC1)C2=O. The van der Waals surface area contributed by atoms with Crippen molar-refractivity contribution >= 4 is 17.7 Å². The van der Waals surface area contributed by atoms with Gasteiger partial charge in [-0.1, -0.05) is 11.6 Å². The molecule has 122 valence electrons. The number of hydrogen-bond donors (Lipinski definition) is 1. The number of nitrogens with two attached hydrogens (primary N) is 1. The van der Waals surface area contributed by atoms with Gasteiger partial charge in [-0.2, -0.15) is 0 Å². The van der Waals surface area contributed by atoms with Crippen molar-refractivity contribution in [2.24, 2.45) is 11.7 Å². The van der Waals surface area contributed by atoms with Crippen LogP contribution in [0.1, 0.15) is 39.1 Å². The van der Waals surface area contributed by atoms with Gasteiger partial charge in [-0.05, 0) is 44.4 Å². The Balaban J connectivity index is 1.68. The Kier molecular flexibility index (Phi) is 4.17. The van der Waals surface area contributed by atoms with E-state index in [9.17, 15) is 14.4 Å². The first-order valence-electron chi connectivity index (χ1n) is 7.96. The third-order valence-corrected chi connectivity index (χ3v) is 4.72. The second-order valence-corrected chi connectivity index (χ2v) is 6.31. The molecule has 0 saturated carbocycles. The van der Waals surface area contributed by atoms with E-state index in [1.54, 1.807) is 23.1 Å². The zero-order chi connectivity index (χ0) is 16.6. The minimum atomic E-state index is -0.379. The first kappa shape index (κ1) is 15.7. The summed E-state index contributed by atoms with van der Waals surface area (Å²) in [6.45, 7) is 3.61. The molecule has 0 atom stereocenters. The molecule has 2 N–H and O–H groups in total. The van der Waals surface area contributed by atoms with Crippen molar-refractivity contribution in [3.8, 4) is 0 Å². The molecule has 2 aliphatic heterocycles. The average molecular weight is 315 g/mol. The van der Waals surface area contributed by atoms with Crippen LogP contribution in [0.2, 0.25) is 0 Å². The van der Waals surface area contributed by atoms with E-state index < -0.39 is 0 Å². The normalized spacial score (nSPS) is 18.5. The van der Waals surface area contributed by atoms with Gasteiger partial charge in [-0.3, -0.25) is 19.3 Å². The number of amides is 3. The lowest BCUT2D eigenvalue weighted by molar-refractivity contribution is -0.132. The van der Waals surface area contributed by atoms with Crippen molar-refractivity contribution in [2.75, 3.05) is 26.2 Å². The number of fused-ring (bicyclic) bond motifs is 1. The molecule has 1 fully saturated rings. The van der Waals surface area contributed by atoms with Gasteiger partial charge >= 0.3 is 0 Å². The van der Waals surface area contributed by atoms with Crippen LogP contribution >= 0.6 is 0 Å². The van der Waals surface area contributed by atoms with E-state index >= 15 is 0 Å². The Morgan fingerprint density at radius 3 is 2.48 bits per heavy atom. The second-order valence-electron chi connectivity index (χ2n) is 6.31. The molecular formula is C17H21N3O3. The summed E-state index contributed by atoms with van der Waals surface area (Å²) in [6.07, 6.45) is 1.76. The fourth-order valence-electron chi connectivity index (χ4n) is 3.20. The molecule has 0 unspecified atom stereocenters. The zero-order valence-corrected chi connectivity index (χ0v) is 13.2. The summed E-state index contributed by atoms with van der Waals surface area (Å²) in [7, 11) is 0. The molecular weight excluding hydrogens is 294 g/mol. The van der Waals surface area contributed by atoms with Gasteiger partial charge in [0.1, 0.15) is 6.54 Å². The van der Waals surface area contributed by atoms with E-state index in [0.717, 1.165) is 23.3 Å². The van der Waals surface area contributed by atoms with Gasteiger partial charge < -0.3 is 10.6 Å². The number of nitrogens with zero attached hydrogens (tertiary/aromatic N) is 2. The van der Waals surface area contributed by atoms with Gasteiger partial charge in [0, 0.05) is 13.1 Å². The van der Waals surface area contributed by atoms with E-state index in [-0.39, 0.29) is 24.3 Å². The van der Waals surface area contributed by atoms with Gasteiger partial charge in [0.05, 0.1) is 11.1 Å². The third-order valence-electron chi connectivity index (χ3n) is 4.72. The molecule has 3 amide bonds. The molecule has 3 rings (SSSR count). The fraction of sp³-hybridized carbons (Fsp3) is 0.471. The van der Waals surface area contributed by atoms with Crippen molar-refractivity contribution in [3.63, 3.8) is 0 Å². The predicted octanol–water partition coefficient (Wildman–Crippen LogP) is 0.788. The van der Waals surface area contributed by atoms with Crippen LogP contribution in [-0.2, 0) is 4.79 Å². The van der Waals surface area contributed by atoms with Crippen LogP contribution in [0.15, 0.2) is 18.2 Å². The maximum Gasteiger partial charge on any atom is 0.262 e. The van der Waals surface area contributed by atoms with Gasteiger partial charge in [-0.25, -0.2) is 0 Å². The summed E-state index contributed by atoms with van der Waals surface area (Å²) in [4.78, 5) is 39.9. The number of carbonyl (C=O) groups excluding carboxylic acids is 3. The van der Waals surface area contributed by atoms with Gasteiger partial charge in [0.25, 0.3) is 11.8 Å². The number of likely N-dealkylation sites (tertiary alicyclic amines) is 1. The van der Waals surface area contributed by atoms with Crippen LogP contribution in [0.25, 0.3) is 0 Å². The van der Waals surface area contributed by atoms with E-state index in [4.69, 9.17) is 5.73 Å². The molecule has 2 heterocycles. The summed E-state index contributed by atoms with van der Waals surface area (Å²) in [6, 6.07) is 5.15. The molecule has 2 aliphatic rings. The Labute approximate surface area is 135 Å². The van der Waals surface area contributed by atoms with E-state index in [0.29, 0.717) is 36.7 Å². The molecule has 0 aromatic heterocycles. The quantitative estimate of drug-likeness (QED) is 0.836. The van der Waals surface area contributed by atoms with Crippen molar-refractivity contribution in [2.45, 2.75) is 19.8 Å². The lowest BCUT2D eigenvalue weighted by atomic mass is 9.97. The molecule has 6 nitrogen and oxygen atoms in total. The van der Waals surface area contributed by atoms with Crippen LogP contribution in [0.3, 0.4) is 0 Å². The predicted molar refractivity (Wildman–Crippen MR) is 84.9 cm³/mol. The Morgan fingerprint density at radius 2 is 1.83 bits per heavy atom. The highest BCUT2D eigenvalue weighted by Gasteiger charge is 2.37. The first-order valence-corrected chi connectivity index (χ1v) is 7.96. The molecule has 0 aliphatic carbocycles. The van der Waals surface area contributed by atoms with Crippen molar-refractivity contribution in [3.05, 3.63) is 34.9 Å². The van der Waals surface area contributed by atoms with Crippen LogP contribution in [0.4, 0.5) is 0 Å². The van der Waals surface area contributed by atoms with E-state index in [1.807, 2.05) is 6.92 Å². The van der Waals surface area contributed by atoms with Crippen LogP contribution in [-0.4, -0.2) is 53.7 Å². The molecule has 1 aromatic rings. The van der Waals surface area contributed by atoms with Crippen LogP contribution in [0, 0.1) is 12.8 Å². The zero-order valence-electron chi connectivity index (χ0n) is 13.2. The fourth-order valence-corrected chi connectivity index (χ4v) is 3.20. The molecule has 23 heavy (non-hydrogen) atoms. The molecule has 1 saturated heterocycles. The molecule has 6 heteroatoms. The molecule has 0 radical (unpaired) electrons. The summed E-state index contributed by atoms with van der Waals surface area (Å²) >= 11 is 0. The molecule has 0 spiro atoms. The summed E-state index contributed by atoms with van der Waals surface area (Å²) in [5, 5.41) is 0. The Morgan fingerprint density at radius 1 is 1.17 bits per heavy atom. The second kappa shape index (κ2) is 6.12. The third kappa shape index (κ3) is 2.86. The Bertz CT molecular complexity index is 663. The highest BCUT2D eigenvalue weighted by molar-refractivity contribution is 6.22. The smallest absolute Gasteiger partial charge is 0.262 e. The minimum Gasteiger partial charge on any atom is -0.341 e. The van der Waals surface area contributed by atoms with Gasteiger partial charge in [-0.15, -0.1) is 0 Å². The number of carbonyl (C=O) groups is 3. The number of aryl methyl sites for hydroxylation is 1. The maximum atomic E-state index is 12.4. The van der Waals surface area contributed by atoms with Crippen molar-refractivity contribution < 1.29 is 14.4 Å². The highest BCUT2D eigenvalue weighted by atomic mass is 16.2. The topological polar surface area (TPSA) is 83.7 Å².